The fourth-order valence-corrected chi connectivity index (χ4v) is 2.61. The second-order valence-corrected chi connectivity index (χ2v) is 5.45. The van der Waals surface area contributed by atoms with Gasteiger partial charge in [0.2, 0.25) is 11.8 Å². The largest absolute Gasteiger partial charge is 0.480 e. The molecular weight excluding hydrogens is 260 g/mol. The van der Waals surface area contributed by atoms with Crippen LogP contribution in [0.1, 0.15) is 20.3 Å². The number of rotatable bonds is 5. The van der Waals surface area contributed by atoms with Crippen molar-refractivity contribution in [1.29, 1.82) is 0 Å². The number of carbonyl (C=O) groups excluding carboxylic acids is 2. The van der Waals surface area contributed by atoms with Gasteiger partial charge in [-0.3, -0.25) is 9.59 Å². The smallest absolute Gasteiger partial charge is 0.326 e. The van der Waals surface area contributed by atoms with Crippen LogP contribution in [0.4, 0.5) is 0 Å². The van der Waals surface area contributed by atoms with Crippen LogP contribution in [-0.2, 0) is 14.4 Å². The fourth-order valence-electron chi connectivity index (χ4n) is 2.61. The Morgan fingerprint density at radius 2 is 2.00 bits per heavy atom. The van der Waals surface area contributed by atoms with E-state index in [0.29, 0.717) is 19.5 Å². The lowest BCUT2D eigenvalue weighted by Gasteiger charge is -2.29. The number of likely N-dealkylation sites (N-methyl/N-ethyl adjacent to an activating group) is 1. The molecule has 0 bridgehead atoms. The van der Waals surface area contributed by atoms with E-state index in [1.165, 1.54) is 18.0 Å². The number of hydrogen-bond acceptors (Lipinski definition) is 3. The van der Waals surface area contributed by atoms with Crippen molar-refractivity contribution in [2.45, 2.75) is 26.3 Å². The molecular formula is C14H22N2O4. The predicted octanol–water partition coefficient (Wildman–Crippen LogP) is 0.589. The van der Waals surface area contributed by atoms with Crippen molar-refractivity contribution in [3.63, 3.8) is 0 Å². The molecule has 2 atom stereocenters. The number of carboxylic acid groups (broad SMARTS) is 1. The van der Waals surface area contributed by atoms with Crippen LogP contribution in [-0.4, -0.2) is 58.9 Å². The van der Waals surface area contributed by atoms with E-state index >= 15 is 0 Å². The van der Waals surface area contributed by atoms with Gasteiger partial charge in [0.1, 0.15) is 6.04 Å². The highest BCUT2D eigenvalue weighted by molar-refractivity contribution is 5.89. The minimum Gasteiger partial charge on any atom is -0.480 e. The standard InChI is InChI=1S/C14H22N2O4/c1-5-11(17)16-7-6-10(8-16)13(18)15(4)12(9(2)3)14(19)20/h5,9-10,12H,1,6-8H2,2-4H3,(H,19,20)/t10-,12?/m0/s1. The number of carbonyl (C=O) groups is 3. The second kappa shape index (κ2) is 6.54. The third-order valence-corrected chi connectivity index (χ3v) is 3.67. The SMILES string of the molecule is C=CC(=O)N1CC[C@H](C(=O)N(C)C(C(=O)O)C(C)C)C1. The highest BCUT2D eigenvalue weighted by Crippen LogP contribution is 2.21. The monoisotopic (exact) mass is 282 g/mol. The van der Waals surface area contributed by atoms with Crippen LogP contribution in [0.2, 0.25) is 0 Å². The van der Waals surface area contributed by atoms with Gasteiger partial charge in [-0.2, -0.15) is 0 Å². The van der Waals surface area contributed by atoms with Gasteiger partial charge >= 0.3 is 5.97 Å². The molecule has 0 spiro atoms. The molecule has 0 aromatic carbocycles. The molecule has 1 aliphatic rings. The fraction of sp³-hybridized carbons (Fsp3) is 0.643. The molecule has 6 heteroatoms. The summed E-state index contributed by atoms with van der Waals surface area (Å²) in [6.07, 6.45) is 1.79. The van der Waals surface area contributed by atoms with Crippen LogP contribution in [0, 0.1) is 11.8 Å². The zero-order valence-corrected chi connectivity index (χ0v) is 12.2. The quantitative estimate of drug-likeness (QED) is 0.749. The summed E-state index contributed by atoms with van der Waals surface area (Å²) in [6, 6.07) is -0.841. The first-order valence-electron chi connectivity index (χ1n) is 6.70. The average molecular weight is 282 g/mol. The number of nitrogens with zero attached hydrogens (tertiary/aromatic N) is 2. The van der Waals surface area contributed by atoms with E-state index in [0.717, 1.165) is 0 Å². The van der Waals surface area contributed by atoms with Gasteiger partial charge in [-0.1, -0.05) is 20.4 Å². The molecule has 1 saturated heterocycles. The zero-order valence-electron chi connectivity index (χ0n) is 12.2. The van der Waals surface area contributed by atoms with E-state index in [1.807, 2.05) is 0 Å². The van der Waals surface area contributed by atoms with E-state index in [1.54, 1.807) is 18.7 Å². The third kappa shape index (κ3) is 3.37. The highest BCUT2D eigenvalue weighted by atomic mass is 16.4. The van der Waals surface area contributed by atoms with Gasteiger partial charge in [0.05, 0.1) is 5.92 Å². The summed E-state index contributed by atoms with van der Waals surface area (Å²) in [5, 5.41) is 9.21. The minimum absolute atomic E-state index is 0.172. The van der Waals surface area contributed by atoms with Crippen LogP contribution in [0.15, 0.2) is 12.7 Å². The Balaban J connectivity index is 2.73. The van der Waals surface area contributed by atoms with Crippen molar-refractivity contribution in [3.05, 3.63) is 12.7 Å². The molecule has 112 valence electrons. The molecule has 0 saturated carbocycles. The van der Waals surface area contributed by atoms with E-state index in [-0.39, 0.29) is 23.7 Å². The van der Waals surface area contributed by atoms with E-state index in [2.05, 4.69) is 6.58 Å². The number of likely N-dealkylation sites (tertiary alicyclic amines) is 1. The molecule has 6 nitrogen and oxygen atoms in total. The maximum atomic E-state index is 12.4. The summed E-state index contributed by atoms with van der Waals surface area (Å²) in [5.41, 5.74) is 0. The molecule has 1 aliphatic heterocycles. The first-order chi connectivity index (χ1) is 9.29. The first-order valence-corrected chi connectivity index (χ1v) is 6.70. The highest BCUT2D eigenvalue weighted by Gasteiger charge is 2.36. The molecule has 0 radical (unpaired) electrons. The molecule has 20 heavy (non-hydrogen) atoms. The number of carboxylic acids is 1. The maximum Gasteiger partial charge on any atom is 0.326 e. The average Bonchev–Trinajstić information content (AvgIpc) is 2.85. The van der Waals surface area contributed by atoms with E-state index < -0.39 is 12.0 Å². The van der Waals surface area contributed by atoms with Crippen molar-refractivity contribution in [1.82, 2.24) is 9.80 Å². The number of hydrogen-bond donors (Lipinski definition) is 1. The van der Waals surface area contributed by atoms with Crippen LogP contribution >= 0.6 is 0 Å². The Kier molecular flexibility index (Phi) is 5.30. The zero-order chi connectivity index (χ0) is 15.4. The molecule has 2 amide bonds. The summed E-state index contributed by atoms with van der Waals surface area (Å²) >= 11 is 0. The van der Waals surface area contributed by atoms with Crippen LogP contribution < -0.4 is 0 Å². The number of amides is 2. The van der Waals surface area contributed by atoms with Gasteiger partial charge in [0.25, 0.3) is 0 Å². The summed E-state index contributed by atoms with van der Waals surface area (Å²) in [6.45, 7) is 7.80. The van der Waals surface area contributed by atoms with Gasteiger partial charge < -0.3 is 14.9 Å². The van der Waals surface area contributed by atoms with Crippen LogP contribution in [0.3, 0.4) is 0 Å². The molecule has 0 aromatic heterocycles. The Bertz CT molecular complexity index is 419. The normalized spacial score (nSPS) is 19.8. The Hall–Kier alpha value is -1.85. The lowest BCUT2D eigenvalue weighted by molar-refractivity contribution is -0.152. The Morgan fingerprint density at radius 1 is 1.40 bits per heavy atom. The van der Waals surface area contributed by atoms with Crippen molar-refractivity contribution < 1.29 is 19.5 Å². The van der Waals surface area contributed by atoms with Crippen LogP contribution in [0.25, 0.3) is 0 Å². The summed E-state index contributed by atoms with van der Waals surface area (Å²) in [4.78, 5) is 37.9. The number of aliphatic carboxylic acids is 1. The van der Waals surface area contributed by atoms with Gasteiger partial charge in [-0.05, 0) is 18.4 Å². The molecule has 1 rings (SSSR count). The molecule has 0 aliphatic carbocycles. The maximum absolute atomic E-state index is 12.4. The summed E-state index contributed by atoms with van der Waals surface area (Å²) in [7, 11) is 1.51. The lowest BCUT2D eigenvalue weighted by atomic mass is 10.0. The molecule has 1 fully saturated rings. The lowest BCUT2D eigenvalue weighted by Crippen LogP contribution is -2.48. The van der Waals surface area contributed by atoms with E-state index in [9.17, 15) is 19.5 Å². The minimum atomic E-state index is -1.01. The van der Waals surface area contributed by atoms with Gasteiger partial charge in [-0.15, -0.1) is 0 Å². The first kappa shape index (κ1) is 16.2. The van der Waals surface area contributed by atoms with Crippen LogP contribution in [0.5, 0.6) is 0 Å². The van der Waals surface area contributed by atoms with Crippen molar-refractivity contribution in [2.75, 3.05) is 20.1 Å². The molecule has 1 heterocycles. The second-order valence-electron chi connectivity index (χ2n) is 5.45. The molecule has 1 N–H and O–H groups in total. The molecule has 0 aromatic rings. The van der Waals surface area contributed by atoms with Crippen molar-refractivity contribution in [2.24, 2.45) is 11.8 Å². The Morgan fingerprint density at radius 3 is 2.45 bits per heavy atom. The van der Waals surface area contributed by atoms with Crippen molar-refractivity contribution in [3.8, 4) is 0 Å². The molecule has 1 unspecified atom stereocenters. The summed E-state index contributed by atoms with van der Waals surface area (Å²) < 4.78 is 0. The predicted molar refractivity (Wildman–Crippen MR) is 73.9 cm³/mol. The summed E-state index contributed by atoms with van der Waals surface area (Å²) in [5.74, 6) is -1.92. The Labute approximate surface area is 119 Å². The van der Waals surface area contributed by atoms with Crippen molar-refractivity contribution >= 4 is 17.8 Å². The van der Waals surface area contributed by atoms with Gasteiger partial charge in [0.15, 0.2) is 0 Å². The topological polar surface area (TPSA) is 77.9 Å². The van der Waals surface area contributed by atoms with Gasteiger partial charge in [-0.25, -0.2) is 4.79 Å². The third-order valence-electron chi connectivity index (χ3n) is 3.67. The van der Waals surface area contributed by atoms with Gasteiger partial charge in [0, 0.05) is 20.1 Å². The van der Waals surface area contributed by atoms with E-state index in [4.69, 9.17) is 0 Å².